The Labute approximate surface area is 200 Å². The van der Waals surface area contributed by atoms with Crippen LogP contribution in [0.3, 0.4) is 0 Å². The molecule has 0 aromatic heterocycles. The fraction of sp³-hybridized carbons (Fsp3) is 0.458. The molecular formula is C24H30N4O5S. The summed E-state index contributed by atoms with van der Waals surface area (Å²) in [6.07, 6.45) is 1.02. The maximum atomic E-state index is 13.1. The highest BCUT2D eigenvalue weighted by atomic mass is 32.2. The highest BCUT2D eigenvalue weighted by molar-refractivity contribution is 7.89. The topological polar surface area (TPSA) is 104 Å². The molecule has 0 spiro atoms. The van der Waals surface area contributed by atoms with Crippen molar-refractivity contribution in [1.82, 2.24) is 9.21 Å². The summed E-state index contributed by atoms with van der Waals surface area (Å²) in [7, 11) is -3.60. The van der Waals surface area contributed by atoms with Crippen molar-refractivity contribution in [3.05, 3.63) is 64.2 Å². The third-order valence-corrected chi connectivity index (χ3v) is 8.41. The van der Waals surface area contributed by atoms with Gasteiger partial charge in [0.15, 0.2) is 0 Å². The standard InChI is InChI=1S/C24H30N4O5S/c1-18-15-19(2)17-27(16-18)34(32,33)21-9-7-20(8-10-21)24(29)26-13-11-25(12-14-26)22-5-3-4-6-23(22)28(30)31/h3-10,18-19H,11-17H2,1-2H3. The lowest BCUT2D eigenvalue weighted by Crippen LogP contribution is -2.49. The van der Waals surface area contributed by atoms with E-state index in [9.17, 15) is 23.3 Å². The van der Waals surface area contributed by atoms with Crippen LogP contribution in [0.2, 0.25) is 0 Å². The van der Waals surface area contributed by atoms with Crippen LogP contribution in [-0.2, 0) is 10.0 Å². The second-order valence-electron chi connectivity index (χ2n) is 9.32. The van der Waals surface area contributed by atoms with E-state index in [2.05, 4.69) is 13.8 Å². The van der Waals surface area contributed by atoms with Gasteiger partial charge in [-0.15, -0.1) is 0 Å². The monoisotopic (exact) mass is 486 g/mol. The fourth-order valence-electron chi connectivity index (χ4n) is 4.94. The first-order valence-corrected chi connectivity index (χ1v) is 13.0. The van der Waals surface area contributed by atoms with Crippen LogP contribution in [-0.4, -0.2) is 67.7 Å². The van der Waals surface area contributed by atoms with Crippen LogP contribution in [0.25, 0.3) is 0 Å². The van der Waals surface area contributed by atoms with Gasteiger partial charge in [0, 0.05) is 50.9 Å². The molecule has 2 aliphatic heterocycles. The van der Waals surface area contributed by atoms with E-state index in [0.29, 0.717) is 62.4 Å². The SMILES string of the molecule is CC1CC(C)CN(S(=O)(=O)c2ccc(C(=O)N3CCN(c4ccccc4[N+](=O)[O-])CC3)cc2)C1. The van der Waals surface area contributed by atoms with E-state index in [1.54, 1.807) is 39.5 Å². The van der Waals surface area contributed by atoms with E-state index in [0.717, 1.165) is 6.42 Å². The minimum Gasteiger partial charge on any atom is -0.362 e. The van der Waals surface area contributed by atoms with Gasteiger partial charge in [-0.3, -0.25) is 14.9 Å². The normalized spacial score (nSPS) is 21.9. The predicted molar refractivity (Wildman–Crippen MR) is 129 cm³/mol. The molecule has 2 unspecified atom stereocenters. The first-order valence-electron chi connectivity index (χ1n) is 11.5. The van der Waals surface area contributed by atoms with Crippen LogP contribution >= 0.6 is 0 Å². The van der Waals surface area contributed by atoms with Crippen molar-refractivity contribution in [1.29, 1.82) is 0 Å². The Kier molecular flexibility index (Phi) is 6.90. The second kappa shape index (κ2) is 9.71. The highest BCUT2D eigenvalue weighted by Crippen LogP contribution is 2.29. The molecule has 0 bridgehead atoms. The summed E-state index contributed by atoms with van der Waals surface area (Å²) in [4.78, 5) is 27.7. The molecule has 2 aromatic rings. The first kappa shape index (κ1) is 24.2. The number of hydrogen-bond acceptors (Lipinski definition) is 6. The van der Waals surface area contributed by atoms with Crippen molar-refractivity contribution in [2.45, 2.75) is 25.2 Å². The number of nitrogens with zero attached hydrogens (tertiary/aromatic N) is 4. The van der Waals surface area contributed by atoms with E-state index in [4.69, 9.17) is 0 Å². The number of benzene rings is 2. The maximum absolute atomic E-state index is 13.1. The summed E-state index contributed by atoms with van der Waals surface area (Å²) in [6, 6.07) is 12.8. The molecule has 2 aromatic carbocycles. The minimum absolute atomic E-state index is 0.0524. The number of nitro groups is 1. The summed E-state index contributed by atoms with van der Waals surface area (Å²) in [6.45, 7) is 6.96. The first-order chi connectivity index (χ1) is 16.2. The smallest absolute Gasteiger partial charge is 0.292 e. The average molecular weight is 487 g/mol. The van der Waals surface area contributed by atoms with Gasteiger partial charge in [0.05, 0.1) is 9.82 Å². The number of piperazine rings is 1. The third-order valence-electron chi connectivity index (χ3n) is 6.56. The Balaban J connectivity index is 1.42. The largest absolute Gasteiger partial charge is 0.362 e. The van der Waals surface area contributed by atoms with Crippen LogP contribution in [0.15, 0.2) is 53.4 Å². The van der Waals surface area contributed by atoms with Gasteiger partial charge in [0.2, 0.25) is 10.0 Å². The van der Waals surface area contributed by atoms with Crippen molar-refractivity contribution >= 4 is 27.3 Å². The molecule has 0 aliphatic carbocycles. The zero-order chi connectivity index (χ0) is 24.5. The van der Waals surface area contributed by atoms with Crippen LogP contribution in [0.1, 0.15) is 30.6 Å². The van der Waals surface area contributed by atoms with Gasteiger partial charge in [-0.05, 0) is 48.6 Å². The van der Waals surface area contributed by atoms with Crippen molar-refractivity contribution in [3.63, 3.8) is 0 Å². The van der Waals surface area contributed by atoms with Gasteiger partial charge >= 0.3 is 0 Å². The predicted octanol–water partition coefficient (Wildman–Crippen LogP) is 3.22. The lowest BCUT2D eigenvalue weighted by molar-refractivity contribution is -0.384. The number of para-hydroxylation sites is 2. The molecule has 2 aliphatic rings. The average Bonchev–Trinajstić information content (AvgIpc) is 2.83. The summed E-state index contributed by atoms with van der Waals surface area (Å²) >= 11 is 0. The fourth-order valence-corrected chi connectivity index (χ4v) is 6.62. The number of amides is 1. The second-order valence-corrected chi connectivity index (χ2v) is 11.3. The molecule has 2 atom stereocenters. The van der Waals surface area contributed by atoms with E-state index in [1.165, 1.54) is 18.2 Å². The minimum atomic E-state index is -3.60. The van der Waals surface area contributed by atoms with Gasteiger partial charge in [-0.1, -0.05) is 26.0 Å². The molecule has 2 heterocycles. The van der Waals surface area contributed by atoms with E-state index >= 15 is 0 Å². The molecule has 9 nitrogen and oxygen atoms in total. The lowest BCUT2D eigenvalue weighted by atomic mass is 9.94. The Bertz CT molecular complexity index is 1150. The Hall–Kier alpha value is -2.98. The van der Waals surface area contributed by atoms with Crippen LogP contribution in [0.4, 0.5) is 11.4 Å². The number of piperidine rings is 1. The number of anilines is 1. The van der Waals surface area contributed by atoms with Gasteiger partial charge in [0.1, 0.15) is 5.69 Å². The zero-order valence-corrected chi connectivity index (χ0v) is 20.3. The van der Waals surface area contributed by atoms with Crippen molar-refractivity contribution in [2.24, 2.45) is 11.8 Å². The number of rotatable bonds is 5. The van der Waals surface area contributed by atoms with Gasteiger partial charge in [-0.2, -0.15) is 4.31 Å². The molecule has 0 N–H and O–H groups in total. The third kappa shape index (κ3) is 4.92. The lowest BCUT2D eigenvalue weighted by Gasteiger charge is -2.36. The molecule has 2 saturated heterocycles. The number of carbonyl (C=O) groups excluding carboxylic acids is 1. The van der Waals surface area contributed by atoms with Crippen molar-refractivity contribution in [2.75, 3.05) is 44.2 Å². The summed E-state index contributed by atoms with van der Waals surface area (Å²) < 4.78 is 27.7. The van der Waals surface area contributed by atoms with Gasteiger partial charge in [0.25, 0.3) is 11.6 Å². The van der Waals surface area contributed by atoms with Crippen LogP contribution < -0.4 is 4.90 Å². The number of sulfonamides is 1. The quantitative estimate of drug-likeness (QED) is 0.475. The summed E-state index contributed by atoms with van der Waals surface area (Å²) in [5, 5.41) is 11.3. The summed E-state index contributed by atoms with van der Waals surface area (Å²) in [5.41, 5.74) is 1.03. The summed E-state index contributed by atoms with van der Waals surface area (Å²) in [5.74, 6) is 0.456. The number of hydrogen-bond donors (Lipinski definition) is 0. The molecule has 10 heteroatoms. The van der Waals surface area contributed by atoms with E-state index in [1.807, 2.05) is 4.90 Å². The molecule has 182 valence electrons. The molecule has 0 radical (unpaired) electrons. The van der Waals surface area contributed by atoms with Gasteiger partial charge in [-0.25, -0.2) is 8.42 Å². The van der Waals surface area contributed by atoms with Gasteiger partial charge < -0.3 is 9.80 Å². The molecule has 1 amide bonds. The number of nitro benzene ring substituents is 1. The highest BCUT2D eigenvalue weighted by Gasteiger charge is 2.32. The molecule has 2 fully saturated rings. The van der Waals surface area contributed by atoms with Crippen LogP contribution in [0, 0.1) is 22.0 Å². The molecular weight excluding hydrogens is 456 g/mol. The molecule has 4 rings (SSSR count). The zero-order valence-electron chi connectivity index (χ0n) is 19.5. The van der Waals surface area contributed by atoms with E-state index < -0.39 is 14.9 Å². The molecule has 0 saturated carbocycles. The van der Waals surface area contributed by atoms with Crippen molar-refractivity contribution < 1.29 is 18.1 Å². The number of carbonyl (C=O) groups is 1. The Morgan fingerprint density at radius 3 is 2.12 bits per heavy atom. The van der Waals surface area contributed by atoms with Crippen LogP contribution in [0.5, 0.6) is 0 Å². The Morgan fingerprint density at radius 2 is 1.53 bits per heavy atom. The van der Waals surface area contributed by atoms with E-state index in [-0.39, 0.29) is 16.5 Å². The van der Waals surface area contributed by atoms with Crippen molar-refractivity contribution in [3.8, 4) is 0 Å². The maximum Gasteiger partial charge on any atom is 0.292 e. The molecule has 34 heavy (non-hydrogen) atoms. The Morgan fingerprint density at radius 1 is 0.941 bits per heavy atom.